The summed E-state index contributed by atoms with van der Waals surface area (Å²) in [7, 11) is 1.62. The molecule has 0 radical (unpaired) electrons. The lowest BCUT2D eigenvalue weighted by Gasteiger charge is -2.36. The van der Waals surface area contributed by atoms with Gasteiger partial charge >= 0.3 is 0 Å². The summed E-state index contributed by atoms with van der Waals surface area (Å²) in [6.45, 7) is 2.35. The fourth-order valence-electron chi connectivity index (χ4n) is 3.85. The third-order valence-electron chi connectivity index (χ3n) is 5.48. The third-order valence-corrected chi connectivity index (χ3v) is 5.48. The molecule has 0 bridgehead atoms. The standard InChI is InChI=1S/C24H25N3O2/c1-29-22-10-8-19(9-11-22)24(28)26-16-23(20-7-4-13-25-15-20)27-14-12-18-5-2-3-6-21(18)17-27/h2-11,13,15,23H,12,14,16-17H2,1H3,(H,26,28)/t23-/m0/s1. The Hall–Kier alpha value is -3.18. The first-order valence-electron chi connectivity index (χ1n) is 9.87. The van der Waals surface area contributed by atoms with Crippen LogP contribution in [-0.2, 0) is 13.0 Å². The van der Waals surface area contributed by atoms with Crippen molar-refractivity contribution < 1.29 is 9.53 Å². The topological polar surface area (TPSA) is 54.5 Å². The molecule has 1 atom stereocenters. The third kappa shape index (κ3) is 4.46. The number of hydrogen-bond acceptors (Lipinski definition) is 4. The van der Waals surface area contributed by atoms with Crippen LogP contribution in [0.25, 0.3) is 0 Å². The summed E-state index contributed by atoms with van der Waals surface area (Å²) in [4.78, 5) is 19.4. The van der Waals surface area contributed by atoms with Crippen LogP contribution in [0.5, 0.6) is 5.75 Å². The smallest absolute Gasteiger partial charge is 0.251 e. The van der Waals surface area contributed by atoms with Crippen molar-refractivity contribution in [1.29, 1.82) is 0 Å². The van der Waals surface area contributed by atoms with Crippen molar-refractivity contribution in [2.45, 2.75) is 19.0 Å². The summed E-state index contributed by atoms with van der Waals surface area (Å²) in [6, 6.07) is 19.9. The number of carbonyl (C=O) groups is 1. The van der Waals surface area contributed by atoms with Crippen molar-refractivity contribution in [2.75, 3.05) is 20.2 Å². The van der Waals surface area contributed by atoms with E-state index in [4.69, 9.17) is 4.74 Å². The molecular formula is C24H25N3O2. The van der Waals surface area contributed by atoms with Crippen LogP contribution in [0.4, 0.5) is 0 Å². The van der Waals surface area contributed by atoms with E-state index in [0.717, 1.165) is 30.8 Å². The van der Waals surface area contributed by atoms with Crippen molar-refractivity contribution >= 4 is 5.91 Å². The van der Waals surface area contributed by atoms with Gasteiger partial charge in [0.1, 0.15) is 5.75 Å². The molecule has 5 nitrogen and oxygen atoms in total. The van der Waals surface area contributed by atoms with Crippen molar-refractivity contribution in [1.82, 2.24) is 15.2 Å². The lowest BCUT2D eigenvalue weighted by molar-refractivity contribution is 0.0927. The van der Waals surface area contributed by atoms with Crippen LogP contribution >= 0.6 is 0 Å². The number of amides is 1. The Labute approximate surface area is 171 Å². The van der Waals surface area contributed by atoms with Crippen LogP contribution in [-0.4, -0.2) is 36.0 Å². The predicted molar refractivity (Wildman–Crippen MR) is 113 cm³/mol. The number of methoxy groups -OCH3 is 1. The Morgan fingerprint density at radius 1 is 1.10 bits per heavy atom. The first kappa shape index (κ1) is 19.2. The Bertz CT molecular complexity index is 957. The van der Waals surface area contributed by atoms with E-state index in [1.807, 2.05) is 12.3 Å². The predicted octanol–water partition coefficient (Wildman–Crippen LogP) is 3.62. The summed E-state index contributed by atoms with van der Waals surface area (Å²) in [5.41, 5.74) is 4.51. The summed E-state index contributed by atoms with van der Waals surface area (Å²) in [5.74, 6) is 0.653. The van der Waals surface area contributed by atoms with Crippen molar-refractivity contribution in [3.05, 3.63) is 95.3 Å². The summed E-state index contributed by atoms with van der Waals surface area (Å²) >= 11 is 0. The van der Waals surface area contributed by atoms with Gasteiger partial charge in [0.05, 0.1) is 13.2 Å². The molecule has 1 aromatic heterocycles. The van der Waals surface area contributed by atoms with Gasteiger partial charge in [0.2, 0.25) is 0 Å². The highest BCUT2D eigenvalue weighted by Crippen LogP contribution is 2.27. The fraction of sp³-hybridized carbons (Fsp3) is 0.250. The van der Waals surface area contributed by atoms with Crippen molar-refractivity contribution in [2.24, 2.45) is 0 Å². The Balaban J connectivity index is 1.50. The molecule has 3 aromatic rings. The van der Waals surface area contributed by atoms with E-state index >= 15 is 0 Å². The molecule has 0 aliphatic carbocycles. The zero-order valence-corrected chi connectivity index (χ0v) is 16.5. The number of nitrogens with zero attached hydrogens (tertiary/aromatic N) is 2. The molecule has 1 amide bonds. The molecule has 148 valence electrons. The number of carbonyl (C=O) groups excluding carboxylic acids is 1. The van der Waals surface area contributed by atoms with E-state index in [-0.39, 0.29) is 11.9 Å². The molecule has 0 spiro atoms. The SMILES string of the molecule is COc1ccc(C(=O)NC[C@@H](c2cccnc2)N2CCc3ccccc3C2)cc1. The van der Waals surface area contributed by atoms with Gasteiger partial charge in [-0.1, -0.05) is 30.3 Å². The fourth-order valence-corrected chi connectivity index (χ4v) is 3.85. The van der Waals surface area contributed by atoms with Gasteiger partial charge in [-0.3, -0.25) is 14.7 Å². The minimum Gasteiger partial charge on any atom is -0.497 e. The molecule has 5 heteroatoms. The number of ether oxygens (including phenoxy) is 1. The number of nitrogens with one attached hydrogen (secondary N) is 1. The molecule has 29 heavy (non-hydrogen) atoms. The first-order chi connectivity index (χ1) is 14.2. The Kier molecular flexibility index (Phi) is 5.86. The molecule has 2 aromatic carbocycles. The molecule has 1 aliphatic heterocycles. The molecule has 4 rings (SSSR count). The molecule has 0 fully saturated rings. The first-order valence-corrected chi connectivity index (χ1v) is 9.87. The highest BCUT2D eigenvalue weighted by atomic mass is 16.5. The van der Waals surface area contributed by atoms with Gasteiger partial charge in [0.25, 0.3) is 5.91 Å². The number of aromatic nitrogens is 1. The normalized spacial score (nSPS) is 14.7. The summed E-state index contributed by atoms with van der Waals surface area (Å²) in [6.07, 6.45) is 4.69. The van der Waals surface area contributed by atoms with E-state index in [9.17, 15) is 4.79 Å². The minimum atomic E-state index is -0.0843. The van der Waals surface area contributed by atoms with Gasteiger partial charge in [0, 0.05) is 37.6 Å². The summed E-state index contributed by atoms with van der Waals surface area (Å²) < 4.78 is 5.17. The molecular weight excluding hydrogens is 362 g/mol. The highest BCUT2D eigenvalue weighted by Gasteiger charge is 2.25. The van der Waals surface area contributed by atoms with E-state index in [0.29, 0.717) is 12.1 Å². The van der Waals surface area contributed by atoms with Crippen LogP contribution in [0.15, 0.2) is 73.1 Å². The van der Waals surface area contributed by atoms with Gasteiger partial charge in [-0.2, -0.15) is 0 Å². The monoisotopic (exact) mass is 387 g/mol. The van der Waals surface area contributed by atoms with Gasteiger partial charge in [0.15, 0.2) is 0 Å². The zero-order chi connectivity index (χ0) is 20.1. The van der Waals surface area contributed by atoms with Gasteiger partial charge in [-0.15, -0.1) is 0 Å². The van der Waals surface area contributed by atoms with Crippen LogP contribution in [0.2, 0.25) is 0 Å². The van der Waals surface area contributed by atoms with E-state index < -0.39 is 0 Å². The minimum absolute atomic E-state index is 0.0688. The number of hydrogen-bond donors (Lipinski definition) is 1. The van der Waals surface area contributed by atoms with Crippen LogP contribution in [0.3, 0.4) is 0 Å². The average Bonchev–Trinajstić information content (AvgIpc) is 2.79. The summed E-state index contributed by atoms with van der Waals surface area (Å²) in [5, 5.41) is 3.11. The van der Waals surface area contributed by atoms with Crippen LogP contribution in [0, 0.1) is 0 Å². The lowest BCUT2D eigenvalue weighted by atomic mass is 9.97. The highest BCUT2D eigenvalue weighted by molar-refractivity contribution is 5.94. The molecule has 1 N–H and O–H groups in total. The largest absolute Gasteiger partial charge is 0.497 e. The van der Waals surface area contributed by atoms with E-state index in [1.165, 1.54) is 11.1 Å². The van der Waals surface area contributed by atoms with Gasteiger partial charge < -0.3 is 10.1 Å². The quantitative estimate of drug-likeness (QED) is 0.702. The molecule has 0 saturated carbocycles. The second kappa shape index (κ2) is 8.88. The number of pyridine rings is 1. The number of fused-ring (bicyclic) bond motifs is 1. The van der Waals surface area contributed by atoms with Crippen LogP contribution in [0.1, 0.15) is 33.1 Å². The second-order valence-corrected chi connectivity index (χ2v) is 7.23. The maximum absolute atomic E-state index is 12.7. The van der Waals surface area contributed by atoms with Gasteiger partial charge in [-0.05, 0) is 53.4 Å². The van der Waals surface area contributed by atoms with Crippen molar-refractivity contribution in [3.8, 4) is 5.75 Å². The molecule has 2 heterocycles. The maximum Gasteiger partial charge on any atom is 0.251 e. The Morgan fingerprint density at radius 2 is 1.90 bits per heavy atom. The second-order valence-electron chi connectivity index (χ2n) is 7.23. The Morgan fingerprint density at radius 3 is 2.62 bits per heavy atom. The van der Waals surface area contributed by atoms with E-state index in [1.54, 1.807) is 37.6 Å². The molecule has 0 saturated heterocycles. The number of rotatable bonds is 6. The zero-order valence-electron chi connectivity index (χ0n) is 16.5. The molecule has 0 unspecified atom stereocenters. The maximum atomic E-state index is 12.7. The van der Waals surface area contributed by atoms with Crippen molar-refractivity contribution in [3.63, 3.8) is 0 Å². The average molecular weight is 387 g/mol. The molecule has 1 aliphatic rings. The van der Waals surface area contributed by atoms with E-state index in [2.05, 4.69) is 45.5 Å². The van der Waals surface area contributed by atoms with Crippen LogP contribution < -0.4 is 10.1 Å². The van der Waals surface area contributed by atoms with Gasteiger partial charge in [-0.25, -0.2) is 0 Å². The number of benzene rings is 2. The lowest BCUT2D eigenvalue weighted by Crippen LogP contribution is -2.40.